The average Bonchev–Trinajstić information content (AvgIpc) is 3.29. The Morgan fingerprint density at radius 2 is 2.42 bits per heavy atom. The Hall–Kier alpha value is -1.21. The average molecular weight is 282 g/mol. The lowest BCUT2D eigenvalue weighted by Crippen LogP contribution is -2.27. The van der Waals surface area contributed by atoms with E-state index in [-0.39, 0.29) is 17.9 Å². The fourth-order valence-electron chi connectivity index (χ4n) is 2.31. The SMILES string of the molecule is CCOC1CC1C(=O)NCc1n[nH]c(=S)n1C1CC1. The number of hydrogen-bond acceptors (Lipinski definition) is 4. The number of ether oxygens (including phenoxy) is 1. The van der Waals surface area contributed by atoms with E-state index in [2.05, 4.69) is 15.5 Å². The second-order valence-electron chi connectivity index (χ2n) is 5.10. The first-order chi connectivity index (χ1) is 9.20. The number of carbonyl (C=O) groups excluding carboxylic acids is 1. The second kappa shape index (κ2) is 5.05. The van der Waals surface area contributed by atoms with Gasteiger partial charge in [0.1, 0.15) is 0 Å². The van der Waals surface area contributed by atoms with Gasteiger partial charge >= 0.3 is 0 Å². The Morgan fingerprint density at radius 3 is 3.11 bits per heavy atom. The van der Waals surface area contributed by atoms with Crippen molar-refractivity contribution in [3.05, 3.63) is 10.6 Å². The summed E-state index contributed by atoms with van der Waals surface area (Å²) in [6, 6.07) is 0.468. The van der Waals surface area contributed by atoms with Crippen LogP contribution >= 0.6 is 12.2 Å². The Bertz CT molecular complexity index is 534. The number of hydrogen-bond donors (Lipinski definition) is 2. The van der Waals surface area contributed by atoms with Crippen LogP contribution in [0.4, 0.5) is 0 Å². The fraction of sp³-hybridized carbons (Fsp3) is 0.750. The predicted molar refractivity (Wildman–Crippen MR) is 71.1 cm³/mol. The minimum Gasteiger partial charge on any atom is -0.378 e. The minimum absolute atomic E-state index is 0.0104. The van der Waals surface area contributed by atoms with Gasteiger partial charge in [-0.15, -0.1) is 0 Å². The fourth-order valence-corrected chi connectivity index (χ4v) is 2.61. The Kier molecular flexibility index (Phi) is 3.40. The van der Waals surface area contributed by atoms with Gasteiger partial charge in [-0.2, -0.15) is 5.10 Å². The Labute approximate surface area is 116 Å². The molecule has 0 aliphatic heterocycles. The van der Waals surface area contributed by atoms with Crippen molar-refractivity contribution in [1.29, 1.82) is 0 Å². The molecular formula is C12H18N4O2S. The van der Waals surface area contributed by atoms with E-state index in [9.17, 15) is 4.79 Å². The molecule has 0 saturated heterocycles. The topological polar surface area (TPSA) is 71.9 Å². The number of aromatic amines is 1. The van der Waals surface area contributed by atoms with E-state index < -0.39 is 0 Å². The third-order valence-electron chi connectivity index (χ3n) is 3.56. The molecule has 3 rings (SSSR count). The van der Waals surface area contributed by atoms with Crippen molar-refractivity contribution in [2.24, 2.45) is 5.92 Å². The van der Waals surface area contributed by atoms with E-state index in [1.165, 1.54) is 0 Å². The zero-order chi connectivity index (χ0) is 13.4. The molecule has 1 amide bonds. The first kappa shape index (κ1) is 12.8. The lowest BCUT2D eigenvalue weighted by molar-refractivity contribution is -0.123. The van der Waals surface area contributed by atoms with Crippen molar-refractivity contribution in [2.45, 2.75) is 44.9 Å². The molecule has 2 aliphatic rings. The highest BCUT2D eigenvalue weighted by Crippen LogP contribution is 2.36. The van der Waals surface area contributed by atoms with Gasteiger partial charge in [-0.1, -0.05) is 0 Å². The number of H-pyrrole nitrogens is 1. The Balaban J connectivity index is 1.55. The standard InChI is InChI=1S/C12H18N4O2S/c1-2-18-9-5-8(9)11(17)13-6-10-14-15-12(19)16(10)7-3-4-7/h7-9H,2-6H2,1H3,(H,13,17)(H,15,19). The molecule has 1 heterocycles. The molecule has 0 radical (unpaired) electrons. The van der Waals surface area contributed by atoms with Gasteiger partial charge in [0.25, 0.3) is 0 Å². The van der Waals surface area contributed by atoms with Gasteiger partial charge in [-0.3, -0.25) is 14.5 Å². The van der Waals surface area contributed by atoms with Crippen molar-refractivity contribution in [2.75, 3.05) is 6.61 Å². The predicted octanol–water partition coefficient (Wildman–Crippen LogP) is 1.32. The normalized spacial score (nSPS) is 25.3. The van der Waals surface area contributed by atoms with Crippen molar-refractivity contribution in [3.63, 3.8) is 0 Å². The highest BCUT2D eigenvalue weighted by atomic mass is 32.1. The zero-order valence-electron chi connectivity index (χ0n) is 10.9. The van der Waals surface area contributed by atoms with Crippen LogP contribution in [0.25, 0.3) is 0 Å². The van der Waals surface area contributed by atoms with Crippen LogP contribution in [0.1, 0.15) is 38.1 Å². The van der Waals surface area contributed by atoms with Gasteiger partial charge in [-0.25, -0.2) is 0 Å². The number of amides is 1. The van der Waals surface area contributed by atoms with Gasteiger partial charge in [0.05, 0.1) is 18.6 Å². The zero-order valence-corrected chi connectivity index (χ0v) is 11.7. The molecule has 2 fully saturated rings. The summed E-state index contributed by atoms with van der Waals surface area (Å²) in [5.41, 5.74) is 0. The Morgan fingerprint density at radius 1 is 1.63 bits per heavy atom. The summed E-state index contributed by atoms with van der Waals surface area (Å²) in [4.78, 5) is 11.9. The molecule has 7 heteroatoms. The summed E-state index contributed by atoms with van der Waals surface area (Å²) >= 11 is 5.20. The van der Waals surface area contributed by atoms with Crippen molar-refractivity contribution < 1.29 is 9.53 Å². The largest absolute Gasteiger partial charge is 0.378 e. The van der Waals surface area contributed by atoms with Crippen LogP contribution in [0.15, 0.2) is 0 Å². The molecular weight excluding hydrogens is 264 g/mol. The van der Waals surface area contributed by atoms with Crippen LogP contribution in [-0.4, -0.2) is 33.4 Å². The smallest absolute Gasteiger partial charge is 0.226 e. The summed E-state index contributed by atoms with van der Waals surface area (Å²) in [5.74, 6) is 0.875. The van der Waals surface area contributed by atoms with E-state index in [0.29, 0.717) is 24.0 Å². The summed E-state index contributed by atoms with van der Waals surface area (Å²) < 4.78 is 8.07. The van der Waals surface area contributed by atoms with Crippen molar-refractivity contribution in [1.82, 2.24) is 20.1 Å². The molecule has 104 valence electrons. The van der Waals surface area contributed by atoms with Gasteiger partial charge in [0, 0.05) is 12.6 Å². The molecule has 0 bridgehead atoms. The van der Waals surface area contributed by atoms with Crippen LogP contribution in [-0.2, 0) is 16.1 Å². The molecule has 1 aromatic rings. The number of nitrogens with zero attached hydrogens (tertiary/aromatic N) is 2. The third kappa shape index (κ3) is 2.71. The maximum Gasteiger partial charge on any atom is 0.226 e. The van der Waals surface area contributed by atoms with Gasteiger partial charge < -0.3 is 10.1 Å². The number of nitrogens with one attached hydrogen (secondary N) is 2. The van der Waals surface area contributed by atoms with Gasteiger partial charge in [0.15, 0.2) is 10.6 Å². The number of rotatable bonds is 6. The number of aromatic nitrogens is 3. The van der Waals surface area contributed by atoms with Crippen molar-refractivity contribution in [3.8, 4) is 0 Å². The van der Waals surface area contributed by atoms with E-state index >= 15 is 0 Å². The molecule has 0 aromatic carbocycles. The maximum absolute atomic E-state index is 11.9. The van der Waals surface area contributed by atoms with Crippen LogP contribution in [0.2, 0.25) is 0 Å². The maximum atomic E-state index is 11.9. The summed E-state index contributed by atoms with van der Waals surface area (Å²) in [6.45, 7) is 3.04. The van der Waals surface area contributed by atoms with Crippen LogP contribution in [0, 0.1) is 10.7 Å². The van der Waals surface area contributed by atoms with Crippen LogP contribution in [0.5, 0.6) is 0 Å². The molecule has 2 unspecified atom stereocenters. The van der Waals surface area contributed by atoms with Crippen molar-refractivity contribution >= 4 is 18.1 Å². The third-order valence-corrected chi connectivity index (χ3v) is 3.85. The molecule has 1 aromatic heterocycles. The molecule has 19 heavy (non-hydrogen) atoms. The van der Waals surface area contributed by atoms with Gasteiger partial charge in [-0.05, 0) is 38.4 Å². The lowest BCUT2D eigenvalue weighted by atomic mass is 10.4. The highest BCUT2D eigenvalue weighted by molar-refractivity contribution is 7.71. The lowest BCUT2D eigenvalue weighted by Gasteiger charge is -2.06. The first-order valence-electron chi connectivity index (χ1n) is 6.75. The van der Waals surface area contributed by atoms with Crippen LogP contribution in [0.3, 0.4) is 0 Å². The summed E-state index contributed by atoms with van der Waals surface area (Å²) in [6.07, 6.45) is 3.22. The van der Waals surface area contributed by atoms with Gasteiger partial charge in [0.2, 0.25) is 5.91 Å². The first-order valence-corrected chi connectivity index (χ1v) is 7.16. The molecule has 0 spiro atoms. The minimum atomic E-state index is 0.0104. The highest BCUT2D eigenvalue weighted by Gasteiger charge is 2.43. The molecule has 2 saturated carbocycles. The molecule has 2 atom stereocenters. The quantitative estimate of drug-likeness (QED) is 0.772. The molecule has 2 aliphatic carbocycles. The van der Waals surface area contributed by atoms with E-state index in [1.807, 2.05) is 11.5 Å². The monoisotopic (exact) mass is 282 g/mol. The van der Waals surface area contributed by atoms with E-state index in [1.54, 1.807) is 0 Å². The van der Waals surface area contributed by atoms with Crippen LogP contribution < -0.4 is 5.32 Å². The second-order valence-corrected chi connectivity index (χ2v) is 5.49. The summed E-state index contributed by atoms with van der Waals surface area (Å²) in [5, 5.41) is 9.90. The van der Waals surface area contributed by atoms with E-state index in [0.717, 1.165) is 25.1 Å². The van der Waals surface area contributed by atoms with E-state index in [4.69, 9.17) is 17.0 Å². The molecule has 6 nitrogen and oxygen atoms in total. The molecule has 2 N–H and O–H groups in total. The number of carbonyl (C=O) groups is 1. The summed E-state index contributed by atoms with van der Waals surface area (Å²) in [7, 11) is 0.